The number of rotatable bonds is 7. The summed E-state index contributed by atoms with van der Waals surface area (Å²) >= 11 is 0. The number of para-hydroxylation sites is 2. The highest BCUT2D eigenvalue weighted by atomic mass is 16.5. The number of piperidine rings is 1. The number of anilines is 1. The molecule has 1 N–H and O–H groups in total. The number of nitrogens with zero attached hydrogens (tertiary/aromatic N) is 2. The number of ether oxygens (including phenoxy) is 1. The molecule has 0 saturated carbocycles. The molecular formula is C21H28N2O2. The fourth-order valence-electron chi connectivity index (χ4n) is 3.42. The highest BCUT2D eigenvalue weighted by Gasteiger charge is 2.24. The van der Waals surface area contributed by atoms with E-state index in [0.29, 0.717) is 19.2 Å². The molecule has 1 unspecified atom stereocenters. The molecule has 1 fully saturated rings. The standard InChI is InChI=1S/C21H28N2O2/c1-22(18-8-4-2-5-9-18)19-12-14-23(15-13-19)16-20(24)17-25-21-10-6-3-7-11-21/h2-11,19-20,24H,12-17H2,1H3. The molecule has 0 radical (unpaired) electrons. The fourth-order valence-corrected chi connectivity index (χ4v) is 3.42. The second kappa shape index (κ2) is 8.88. The number of aliphatic hydroxyl groups is 1. The molecule has 4 nitrogen and oxygen atoms in total. The number of hydrogen-bond acceptors (Lipinski definition) is 4. The first kappa shape index (κ1) is 17.8. The summed E-state index contributed by atoms with van der Waals surface area (Å²) in [4.78, 5) is 4.72. The smallest absolute Gasteiger partial charge is 0.119 e. The molecule has 0 bridgehead atoms. The molecular weight excluding hydrogens is 312 g/mol. The maximum atomic E-state index is 10.2. The van der Waals surface area contributed by atoms with E-state index >= 15 is 0 Å². The first-order valence-corrected chi connectivity index (χ1v) is 9.08. The third-order valence-corrected chi connectivity index (χ3v) is 4.92. The lowest BCUT2D eigenvalue weighted by atomic mass is 10.0. The normalized spacial score (nSPS) is 17.2. The maximum Gasteiger partial charge on any atom is 0.119 e. The Bertz CT molecular complexity index is 612. The zero-order valence-electron chi connectivity index (χ0n) is 14.9. The lowest BCUT2D eigenvalue weighted by Crippen LogP contribution is -2.46. The summed E-state index contributed by atoms with van der Waals surface area (Å²) in [5.74, 6) is 0.810. The van der Waals surface area contributed by atoms with Gasteiger partial charge in [-0.25, -0.2) is 0 Å². The van der Waals surface area contributed by atoms with Crippen molar-refractivity contribution in [1.82, 2.24) is 4.90 Å². The van der Waals surface area contributed by atoms with E-state index in [2.05, 4.69) is 47.2 Å². The van der Waals surface area contributed by atoms with Crippen LogP contribution < -0.4 is 9.64 Å². The van der Waals surface area contributed by atoms with Gasteiger partial charge in [-0.3, -0.25) is 0 Å². The monoisotopic (exact) mass is 340 g/mol. The summed E-state index contributed by atoms with van der Waals surface area (Å²) in [5.41, 5.74) is 1.28. The molecule has 1 aliphatic rings. The average Bonchev–Trinajstić information content (AvgIpc) is 2.68. The Hall–Kier alpha value is -2.04. The van der Waals surface area contributed by atoms with E-state index in [1.807, 2.05) is 30.3 Å². The van der Waals surface area contributed by atoms with Crippen LogP contribution in [0.2, 0.25) is 0 Å². The van der Waals surface area contributed by atoms with Crippen LogP contribution in [0.25, 0.3) is 0 Å². The highest BCUT2D eigenvalue weighted by Crippen LogP contribution is 2.22. The summed E-state index contributed by atoms with van der Waals surface area (Å²) in [6.07, 6.45) is 1.79. The Labute approximate surface area is 150 Å². The van der Waals surface area contributed by atoms with Crippen molar-refractivity contribution in [2.24, 2.45) is 0 Å². The minimum Gasteiger partial charge on any atom is -0.491 e. The first-order chi connectivity index (χ1) is 12.2. The molecule has 25 heavy (non-hydrogen) atoms. The zero-order chi connectivity index (χ0) is 17.5. The predicted octanol–water partition coefficient (Wildman–Crippen LogP) is 3.03. The number of aliphatic hydroxyl groups excluding tert-OH is 1. The summed E-state index contributed by atoms with van der Waals surface area (Å²) in [6, 6.07) is 20.8. The van der Waals surface area contributed by atoms with Gasteiger partial charge in [-0.2, -0.15) is 0 Å². The van der Waals surface area contributed by atoms with Crippen molar-refractivity contribution >= 4 is 5.69 Å². The molecule has 0 aliphatic carbocycles. The minimum atomic E-state index is -0.455. The SMILES string of the molecule is CN(c1ccccc1)C1CCN(CC(O)COc2ccccc2)CC1. The van der Waals surface area contributed by atoms with E-state index in [1.165, 1.54) is 5.69 Å². The Balaban J connectivity index is 1.40. The van der Waals surface area contributed by atoms with Gasteiger partial charge >= 0.3 is 0 Å². The fraction of sp³-hybridized carbons (Fsp3) is 0.429. The zero-order valence-corrected chi connectivity index (χ0v) is 14.9. The number of hydrogen-bond donors (Lipinski definition) is 1. The van der Waals surface area contributed by atoms with Gasteiger partial charge in [-0.05, 0) is 37.1 Å². The Morgan fingerprint density at radius 1 is 1.04 bits per heavy atom. The second-order valence-electron chi connectivity index (χ2n) is 6.76. The lowest BCUT2D eigenvalue weighted by Gasteiger charge is -2.38. The summed E-state index contributed by atoms with van der Waals surface area (Å²) < 4.78 is 5.64. The van der Waals surface area contributed by atoms with Crippen LogP contribution in [0.15, 0.2) is 60.7 Å². The molecule has 2 aromatic carbocycles. The molecule has 1 aliphatic heterocycles. The van der Waals surface area contributed by atoms with Crippen LogP contribution in [0.3, 0.4) is 0 Å². The van der Waals surface area contributed by atoms with Crippen molar-refractivity contribution in [3.8, 4) is 5.75 Å². The van der Waals surface area contributed by atoms with Gasteiger partial charge in [0.25, 0.3) is 0 Å². The third kappa shape index (κ3) is 5.21. The van der Waals surface area contributed by atoms with E-state index in [-0.39, 0.29) is 0 Å². The van der Waals surface area contributed by atoms with E-state index in [0.717, 1.165) is 31.7 Å². The molecule has 4 heteroatoms. The van der Waals surface area contributed by atoms with Crippen molar-refractivity contribution in [2.75, 3.05) is 38.2 Å². The van der Waals surface area contributed by atoms with Gasteiger partial charge in [0, 0.05) is 38.4 Å². The molecule has 0 spiro atoms. The summed E-state index contributed by atoms with van der Waals surface area (Å²) in [5, 5.41) is 10.2. The summed E-state index contributed by atoms with van der Waals surface area (Å²) in [7, 11) is 2.18. The van der Waals surface area contributed by atoms with Crippen LogP contribution in [-0.2, 0) is 0 Å². The van der Waals surface area contributed by atoms with Crippen molar-refractivity contribution in [1.29, 1.82) is 0 Å². The third-order valence-electron chi connectivity index (χ3n) is 4.92. The molecule has 1 heterocycles. The Morgan fingerprint density at radius 2 is 1.64 bits per heavy atom. The number of β-amino-alcohol motifs (C(OH)–C–C–N with tert-alkyl or cyclic N) is 1. The van der Waals surface area contributed by atoms with Crippen molar-refractivity contribution in [3.05, 3.63) is 60.7 Å². The topological polar surface area (TPSA) is 35.9 Å². The van der Waals surface area contributed by atoms with Crippen molar-refractivity contribution in [3.63, 3.8) is 0 Å². The van der Waals surface area contributed by atoms with Gasteiger partial charge in [0.2, 0.25) is 0 Å². The molecule has 134 valence electrons. The van der Waals surface area contributed by atoms with Crippen LogP contribution in [0.4, 0.5) is 5.69 Å². The second-order valence-corrected chi connectivity index (χ2v) is 6.76. The van der Waals surface area contributed by atoms with Crippen LogP contribution >= 0.6 is 0 Å². The van der Waals surface area contributed by atoms with Gasteiger partial charge in [-0.1, -0.05) is 36.4 Å². The number of benzene rings is 2. The van der Waals surface area contributed by atoms with E-state index in [9.17, 15) is 5.11 Å². The largest absolute Gasteiger partial charge is 0.491 e. The van der Waals surface area contributed by atoms with Crippen LogP contribution in [0.1, 0.15) is 12.8 Å². The molecule has 2 aromatic rings. The van der Waals surface area contributed by atoms with Crippen molar-refractivity contribution in [2.45, 2.75) is 25.0 Å². The van der Waals surface area contributed by atoms with Crippen LogP contribution in [-0.4, -0.2) is 55.4 Å². The highest BCUT2D eigenvalue weighted by molar-refractivity contribution is 5.46. The Kier molecular flexibility index (Phi) is 6.31. The molecule has 1 atom stereocenters. The molecule has 0 aromatic heterocycles. The Morgan fingerprint density at radius 3 is 2.28 bits per heavy atom. The molecule has 0 amide bonds. The van der Waals surface area contributed by atoms with E-state index in [1.54, 1.807) is 0 Å². The molecule has 3 rings (SSSR count). The lowest BCUT2D eigenvalue weighted by molar-refractivity contribution is 0.0595. The maximum absolute atomic E-state index is 10.2. The first-order valence-electron chi connectivity index (χ1n) is 9.08. The quantitative estimate of drug-likeness (QED) is 0.840. The number of likely N-dealkylation sites (tertiary alicyclic amines) is 1. The van der Waals surface area contributed by atoms with Gasteiger partial charge in [0.05, 0.1) is 0 Å². The van der Waals surface area contributed by atoms with E-state index < -0.39 is 6.10 Å². The van der Waals surface area contributed by atoms with Crippen LogP contribution in [0, 0.1) is 0 Å². The molecule has 1 saturated heterocycles. The van der Waals surface area contributed by atoms with Gasteiger partial charge < -0.3 is 19.6 Å². The van der Waals surface area contributed by atoms with Crippen LogP contribution in [0.5, 0.6) is 5.75 Å². The predicted molar refractivity (Wildman–Crippen MR) is 102 cm³/mol. The minimum absolute atomic E-state index is 0.341. The van der Waals surface area contributed by atoms with Gasteiger partial charge in [0.15, 0.2) is 0 Å². The van der Waals surface area contributed by atoms with Gasteiger partial charge in [-0.15, -0.1) is 0 Å². The van der Waals surface area contributed by atoms with Crippen molar-refractivity contribution < 1.29 is 9.84 Å². The average molecular weight is 340 g/mol. The van der Waals surface area contributed by atoms with Gasteiger partial charge in [0.1, 0.15) is 18.5 Å². The summed E-state index contributed by atoms with van der Waals surface area (Å²) in [6.45, 7) is 3.05. The van der Waals surface area contributed by atoms with E-state index in [4.69, 9.17) is 4.74 Å².